The Labute approximate surface area is 119 Å². The van der Waals surface area contributed by atoms with Crippen molar-refractivity contribution in [1.29, 1.82) is 0 Å². The van der Waals surface area contributed by atoms with Gasteiger partial charge in [0.1, 0.15) is 5.57 Å². The van der Waals surface area contributed by atoms with Crippen LogP contribution in [0.1, 0.15) is 19.4 Å². The van der Waals surface area contributed by atoms with Crippen LogP contribution >= 0.6 is 0 Å². The summed E-state index contributed by atoms with van der Waals surface area (Å²) in [7, 11) is 1.10. The van der Waals surface area contributed by atoms with E-state index in [0.717, 1.165) is 25.3 Å². The Bertz CT molecular complexity index is 627. The van der Waals surface area contributed by atoms with E-state index in [1.54, 1.807) is 0 Å². The van der Waals surface area contributed by atoms with E-state index in [-0.39, 0.29) is 5.56 Å². The lowest BCUT2D eigenvalue weighted by atomic mass is 10.1. The maximum absolute atomic E-state index is 14.0. The van der Waals surface area contributed by atoms with Crippen LogP contribution in [-0.4, -0.2) is 24.8 Å². The summed E-state index contributed by atoms with van der Waals surface area (Å²) < 4.78 is 41.6. The fourth-order valence-electron chi connectivity index (χ4n) is 1.78. The molecule has 1 fully saturated rings. The van der Waals surface area contributed by atoms with Gasteiger partial charge in [-0.3, -0.25) is 0 Å². The number of hydrogen-bond acceptors (Lipinski definition) is 5. The summed E-state index contributed by atoms with van der Waals surface area (Å²) in [6.07, 6.45) is 0.928. The highest BCUT2D eigenvalue weighted by molar-refractivity contribution is 6.18. The molecule has 1 aromatic carbocycles. The van der Waals surface area contributed by atoms with Crippen molar-refractivity contribution in [2.75, 3.05) is 7.11 Å². The Morgan fingerprint density at radius 2 is 1.71 bits per heavy atom. The molecule has 1 heterocycles. The lowest BCUT2D eigenvalue weighted by Gasteiger charge is -2.29. The van der Waals surface area contributed by atoms with Gasteiger partial charge >= 0.3 is 11.9 Å². The molecule has 1 aliphatic rings. The first-order chi connectivity index (χ1) is 9.75. The van der Waals surface area contributed by atoms with Crippen molar-refractivity contribution < 1.29 is 32.6 Å². The number of benzene rings is 1. The molecule has 0 aromatic heterocycles. The summed E-state index contributed by atoms with van der Waals surface area (Å²) in [5, 5.41) is 0. The lowest BCUT2D eigenvalue weighted by molar-refractivity contribution is -0.222. The zero-order valence-corrected chi connectivity index (χ0v) is 11.5. The molecule has 0 spiro atoms. The van der Waals surface area contributed by atoms with Crippen LogP contribution in [0.25, 0.3) is 6.08 Å². The minimum atomic E-state index is -1.38. The Kier molecular flexibility index (Phi) is 3.67. The van der Waals surface area contributed by atoms with Crippen molar-refractivity contribution in [3.63, 3.8) is 0 Å². The molecule has 0 N–H and O–H groups in total. The Balaban J connectivity index is 2.45. The van der Waals surface area contributed by atoms with Gasteiger partial charge in [0.15, 0.2) is 17.4 Å². The number of halogens is 2. The second kappa shape index (κ2) is 5.16. The third-order valence-corrected chi connectivity index (χ3v) is 2.70. The number of rotatable bonds is 2. The standard InChI is InChI=1S/C14H12F2O5/c1-14(2)20-12(17)8(13(18)21-14)6-7-4-5-9(15)11(19-3)10(7)16/h4-6H,1-3H3. The van der Waals surface area contributed by atoms with Gasteiger partial charge in [0.25, 0.3) is 5.79 Å². The predicted octanol–water partition coefficient (Wildman–Crippen LogP) is 2.19. The van der Waals surface area contributed by atoms with E-state index in [2.05, 4.69) is 4.74 Å². The van der Waals surface area contributed by atoms with Gasteiger partial charge in [-0.25, -0.2) is 18.4 Å². The highest BCUT2D eigenvalue weighted by Crippen LogP contribution is 2.28. The first-order valence-corrected chi connectivity index (χ1v) is 5.95. The highest BCUT2D eigenvalue weighted by Gasteiger charge is 2.39. The second-order valence-electron chi connectivity index (χ2n) is 4.72. The monoisotopic (exact) mass is 298 g/mol. The van der Waals surface area contributed by atoms with E-state index in [0.29, 0.717) is 0 Å². The predicted molar refractivity (Wildman–Crippen MR) is 67.2 cm³/mol. The van der Waals surface area contributed by atoms with Crippen molar-refractivity contribution >= 4 is 18.0 Å². The van der Waals surface area contributed by atoms with E-state index in [9.17, 15) is 18.4 Å². The van der Waals surface area contributed by atoms with Gasteiger partial charge in [-0.2, -0.15) is 0 Å². The van der Waals surface area contributed by atoms with E-state index >= 15 is 0 Å². The fraction of sp³-hybridized carbons (Fsp3) is 0.286. The minimum Gasteiger partial charge on any atom is -0.491 e. The summed E-state index contributed by atoms with van der Waals surface area (Å²) in [4.78, 5) is 23.5. The average Bonchev–Trinajstić information content (AvgIpc) is 2.35. The molecular formula is C14H12F2O5. The number of carbonyl (C=O) groups is 2. The third kappa shape index (κ3) is 2.86. The Morgan fingerprint density at radius 3 is 2.24 bits per heavy atom. The van der Waals surface area contributed by atoms with E-state index < -0.39 is 40.7 Å². The van der Waals surface area contributed by atoms with Crippen LogP contribution in [0.3, 0.4) is 0 Å². The molecule has 112 valence electrons. The van der Waals surface area contributed by atoms with Crippen LogP contribution in [0.2, 0.25) is 0 Å². The van der Waals surface area contributed by atoms with Gasteiger partial charge in [-0.1, -0.05) is 0 Å². The van der Waals surface area contributed by atoms with Gasteiger partial charge in [-0.15, -0.1) is 0 Å². The van der Waals surface area contributed by atoms with Gasteiger partial charge in [0.2, 0.25) is 0 Å². The molecule has 1 aromatic rings. The molecule has 0 radical (unpaired) electrons. The Morgan fingerprint density at radius 1 is 1.14 bits per heavy atom. The molecule has 0 atom stereocenters. The van der Waals surface area contributed by atoms with Crippen LogP contribution in [0.15, 0.2) is 17.7 Å². The number of methoxy groups -OCH3 is 1. The maximum atomic E-state index is 14.0. The quantitative estimate of drug-likeness (QED) is 0.476. The normalized spacial score (nSPS) is 17.1. The molecule has 0 unspecified atom stereocenters. The van der Waals surface area contributed by atoms with E-state index in [1.165, 1.54) is 13.8 Å². The number of esters is 2. The molecule has 1 aliphatic heterocycles. The van der Waals surface area contributed by atoms with Crippen LogP contribution in [0.5, 0.6) is 5.75 Å². The SMILES string of the molecule is COc1c(F)ccc(C=C2C(=O)OC(C)(C)OC2=O)c1F. The van der Waals surface area contributed by atoms with E-state index in [4.69, 9.17) is 9.47 Å². The van der Waals surface area contributed by atoms with Crippen molar-refractivity contribution in [1.82, 2.24) is 0 Å². The van der Waals surface area contributed by atoms with E-state index in [1.807, 2.05) is 0 Å². The smallest absolute Gasteiger partial charge is 0.348 e. The minimum absolute atomic E-state index is 0.197. The summed E-state index contributed by atoms with van der Waals surface area (Å²) >= 11 is 0. The maximum Gasteiger partial charge on any atom is 0.348 e. The summed E-state index contributed by atoms with van der Waals surface area (Å²) in [5.74, 6) is -5.81. The van der Waals surface area contributed by atoms with Crippen LogP contribution in [-0.2, 0) is 19.1 Å². The van der Waals surface area contributed by atoms with Gasteiger partial charge in [-0.05, 0) is 18.2 Å². The largest absolute Gasteiger partial charge is 0.491 e. The molecule has 2 rings (SSSR count). The second-order valence-corrected chi connectivity index (χ2v) is 4.72. The van der Waals surface area contributed by atoms with Gasteiger partial charge < -0.3 is 14.2 Å². The Hall–Kier alpha value is -2.44. The highest BCUT2D eigenvalue weighted by atomic mass is 19.1. The zero-order valence-electron chi connectivity index (χ0n) is 11.5. The molecule has 0 aliphatic carbocycles. The first kappa shape index (κ1) is 15.0. The molecule has 0 saturated carbocycles. The molecule has 1 saturated heterocycles. The molecule has 7 heteroatoms. The molecular weight excluding hydrogens is 286 g/mol. The lowest BCUT2D eigenvalue weighted by Crippen LogP contribution is -2.41. The summed E-state index contributed by atoms with van der Waals surface area (Å²) in [6, 6.07) is 2.03. The summed E-state index contributed by atoms with van der Waals surface area (Å²) in [5.41, 5.74) is -0.682. The van der Waals surface area contributed by atoms with Crippen LogP contribution < -0.4 is 4.74 Å². The van der Waals surface area contributed by atoms with Crippen molar-refractivity contribution in [2.45, 2.75) is 19.6 Å². The van der Waals surface area contributed by atoms with Crippen molar-refractivity contribution in [2.24, 2.45) is 0 Å². The van der Waals surface area contributed by atoms with Crippen LogP contribution in [0, 0.1) is 11.6 Å². The average molecular weight is 298 g/mol. The van der Waals surface area contributed by atoms with Crippen LogP contribution in [0.4, 0.5) is 8.78 Å². The molecule has 5 nitrogen and oxygen atoms in total. The first-order valence-electron chi connectivity index (χ1n) is 5.95. The fourth-order valence-corrected chi connectivity index (χ4v) is 1.78. The topological polar surface area (TPSA) is 61.8 Å². The van der Waals surface area contributed by atoms with Crippen molar-refractivity contribution in [3.05, 3.63) is 34.9 Å². The van der Waals surface area contributed by atoms with Gasteiger partial charge in [0, 0.05) is 19.4 Å². The number of cyclic esters (lactones) is 2. The number of carbonyl (C=O) groups excluding carboxylic acids is 2. The molecule has 21 heavy (non-hydrogen) atoms. The summed E-state index contributed by atoms with van der Waals surface area (Å²) in [6.45, 7) is 2.78. The third-order valence-electron chi connectivity index (χ3n) is 2.70. The molecule has 0 amide bonds. The molecule has 0 bridgehead atoms. The van der Waals surface area contributed by atoms with Crippen molar-refractivity contribution in [3.8, 4) is 5.75 Å². The number of hydrogen-bond donors (Lipinski definition) is 0. The van der Waals surface area contributed by atoms with Gasteiger partial charge in [0.05, 0.1) is 7.11 Å². The number of ether oxygens (including phenoxy) is 3. The zero-order chi connectivity index (χ0) is 15.8.